The average Bonchev–Trinajstić information content (AvgIpc) is 2.90. The number of nitrogens with zero attached hydrogens (tertiary/aromatic N) is 3. The number of ether oxygens (including phenoxy) is 1. The fourth-order valence-corrected chi connectivity index (χ4v) is 2.82. The van der Waals surface area contributed by atoms with Gasteiger partial charge in [0.1, 0.15) is 5.75 Å². The SMILES string of the molecule is COc1ccc(-n2c(-c3ccncc3)nsc2=S)cc1. The van der Waals surface area contributed by atoms with E-state index in [1.54, 1.807) is 19.5 Å². The van der Waals surface area contributed by atoms with Gasteiger partial charge in [-0.2, -0.15) is 4.37 Å². The predicted octanol–water partition coefficient (Wildman–Crippen LogP) is 3.73. The van der Waals surface area contributed by atoms with Crippen molar-refractivity contribution in [3.8, 4) is 22.8 Å². The van der Waals surface area contributed by atoms with Gasteiger partial charge in [0.2, 0.25) is 0 Å². The Hall–Kier alpha value is -2.05. The van der Waals surface area contributed by atoms with Crippen LogP contribution < -0.4 is 4.74 Å². The van der Waals surface area contributed by atoms with Crippen LogP contribution in [0.3, 0.4) is 0 Å². The molecule has 0 amide bonds. The van der Waals surface area contributed by atoms with Crippen LogP contribution in [0.5, 0.6) is 5.75 Å². The molecule has 100 valence electrons. The summed E-state index contributed by atoms with van der Waals surface area (Å²) in [6.45, 7) is 0. The molecule has 20 heavy (non-hydrogen) atoms. The fraction of sp³-hybridized carbons (Fsp3) is 0.0714. The van der Waals surface area contributed by atoms with Crippen LogP contribution in [0.4, 0.5) is 0 Å². The van der Waals surface area contributed by atoms with Gasteiger partial charge in [-0.15, -0.1) is 0 Å². The highest BCUT2D eigenvalue weighted by molar-refractivity contribution is 7.73. The summed E-state index contributed by atoms with van der Waals surface area (Å²) in [6, 6.07) is 11.6. The van der Waals surface area contributed by atoms with Crippen LogP contribution in [0.2, 0.25) is 0 Å². The first-order chi connectivity index (χ1) is 9.79. The fourth-order valence-electron chi connectivity index (χ4n) is 1.89. The maximum absolute atomic E-state index is 5.39. The van der Waals surface area contributed by atoms with Crippen molar-refractivity contribution in [2.45, 2.75) is 0 Å². The normalized spacial score (nSPS) is 10.4. The third kappa shape index (κ3) is 2.35. The summed E-state index contributed by atoms with van der Waals surface area (Å²) in [4.78, 5) is 4.03. The number of benzene rings is 1. The average molecular weight is 301 g/mol. The second-order valence-electron chi connectivity index (χ2n) is 4.04. The minimum Gasteiger partial charge on any atom is -0.497 e. The first kappa shape index (κ1) is 13.0. The van der Waals surface area contributed by atoms with Crippen molar-refractivity contribution in [3.63, 3.8) is 0 Å². The van der Waals surface area contributed by atoms with E-state index >= 15 is 0 Å². The van der Waals surface area contributed by atoms with Crippen molar-refractivity contribution >= 4 is 23.8 Å². The number of rotatable bonds is 3. The maximum atomic E-state index is 5.39. The Labute approximate surface area is 125 Å². The Balaban J connectivity index is 2.14. The van der Waals surface area contributed by atoms with Gasteiger partial charge in [0.25, 0.3) is 0 Å². The van der Waals surface area contributed by atoms with Crippen LogP contribution in [0.15, 0.2) is 48.8 Å². The van der Waals surface area contributed by atoms with Crippen molar-refractivity contribution in [1.29, 1.82) is 0 Å². The van der Waals surface area contributed by atoms with Gasteiger partial charge in [-0.3, -0.25) is 9.55 Å². The molecule has 0 aliphatic heterocycles. The van der Waals surface area contributed by atoms with Gasteiger partial charge in [0.15, 0.2) is 9.78 Å². The summed E-state index contributed by atoms with van der Waals surface area (Å²) in [7, 11) is 1.65. The summed E-state index contributed by atoms with van der Waals surface area (Å²) >= 11 is 6.69. The minimum absolute atomic E-state index is 0.710. The quantitative estimate of drug-likeness (QED) is 0.691. The number of pyridine rings is 1. The molecule has 1 aromatic carbocycles. The lowest BCUT2D eigenvalue weighted by atomic mass is 10.2. The monoisotopic (exact) mass is 301 g/mol. The number of methoxy groups -OCH3 is 1. The predicted molar refractivity (Wildman–Crippen MR) is 82.1 cm³/mol. The maximum Gasteiger partial charge on any atom is 0.185 e. The number of hydrogen-bond donors (Lipinski definition) is 0. The van der Waals surface area contributed by atoms with E-state index < -0.39 is 0 Å². The lowest BCUT2D eigenvalue weighted by molar-refractivity contribution is 0.415. The van der Waals surface area contributed by atoms with E-state index in [1.807, 2.05) is 41.0 Å². The van der Waals surface area contributed by atoms with Crippen LogP contribution in [0.1, 0.15) is 0 Å². The second-order valence-corrected chi connectivity index (χ2v) is 5.44. The van der Waals surface area contributed by atoms with Crippen molar-refractivity contribution in [3.05, 3.63) is 52.7 Å². The zero-order valence-corrected chi connectivity index (χ0v) is 12.3. The van der Waals surface area contributed by atoms with Crippen LogP contribution in [-0.2, 0) is 0 Å². The lowest BCUT2D eigenvalue weighted by Gasteiger charge is -2.08. The van der Waals surface area contributed by atoms with Crippen LogP contribution in [0, 0.1) is 3.95 Å². The van der Waals surface area contributed by atoms with E-state index in [1.165, 1.54) is 11.5 Å². The van der Waals surface area contributed by atoms with E-state index in [9.17, 15) is 0 Å². The first-order valence-corrected chi connectivity index (χ1v) is 7.11. The Bertz CT molecular complexity index is 763. The van der Waals surface area contributed by atoms with Gasteiger partial charge < -0.3 is 4.74 Å². The van der Waals surface area contributed by atoms with Crippen LogP contribution >= 0.6 is 23.8 Å². The van der Waals surface area contributed by atoms with Gasteiger partial charge >= 0.3 is 0 Å². The highest BCUT2D eigenvalue weighted by atomic mass is 32.2. The van der Waals surface area contributed by atoms with Gasteiger partial charge in [-0.25, -0.2) is 0 Å². The van der Waals surface area contributed by atoms with Crippen molar-refractivity contribution in [2.24, 2.45) is 0 Å². The zero-order chi connectivity index (χ0) is 13.9. The van der Waals surface area contributed by atoms with E-state index in [0.717, 1.165) is 22.8 Å². The standard InChI is InChI=1S/C14H11N3OS2/c1-18-12-4-2-11(3-5-12)17-13(16-20-14(17)19)10-6-8-15-9-7-10/h2-9H,1H3. The van der Waals surface area contributed by atoms with Crippen LogP contribution in [0.25, 0.3) is 17.1 Å². The van der Waals surface area contributed by atoms with E-state index in [0.29, 0.717) is 3.95 Å². The van der Waals surface area contributed by atoms with Gasteiger partial charge in [-0.05, 0) is 60.1 Å². The molecule has 0 unspecified atom stereocenters. The Morgan fingerprint density at radius 2 is 1.80 bits per heavy atom. The summed E-state index contributed by atoms with van der Waals surface area (Å²) in [6.07, 6.45) is 3.49. The summed E-state index contributed by atoms with van der Waals surface area (Å²) in [5.74, 6) is 1.64. The second kappa shape index (κ2) is 5.52. The molecule has 2 aromatic heterocycles. The molecule has 3 aromatic rings. The molecule has 0 saturated heterocycles. The molecule has 0 aliphatic rings. The molecular weight excluding hydrogens is 290 g/mol. The van der Waals surface area contributed by atoms with Gasteiger partial charge in [-0.1, -0.05) is 0 Å². The van der Waals surface area contributed by atoms with E-state index in [2.05, 4.69) is 9.36 Å². The third-order valence-corrected chi connectivity index (χ3v) is 3.88. The van der Waals surface area contributed by atoms with Gasteiger partial charge in [0.05, 0.1) is 7.11 Å². The summed E-state index contributed by atoms with van der Waals surface area (Å²) in [5.41, 5.74) is 1.96. The van der Waals surface area contributed by atoms with E-state index in [4.69, 9.17) is 17.0 Å². The highest BCUT2D eigenvalue weighted by Gasteiger charge is 2.10. The Morgan fingerprint density at radius 1 is 1.10 bits per heavy atom. The Morgan fingerprint density at radius 3 is 2.45 bits per heavy atom. The van der Waals surface area contributed by atoms with Crippen molar-refractivity contribution in [1.82, 2.24) is 13.9 Å². The molecule has 4 nitrogen and oxygen atoms in total. The van der Waals surface area contributed by atoms with Crippen molar-refractivity contribution < 1.29 is 4.74 Å². The molecule has 0 bridgehead atoms. The van der Waals surface area contributed by atoms with Crippen LogP contribution in [-0.4, -0.2) is 21.0 Å². The minimum atomic E-state index is 0.710. The molecule has 3 rings (SSSR count). The van der Waals surface area contributed by atoms with Crippen molar-refractivity contribution in [2.75, 3.05) is 7.11 Å². The first-order valence-electron chi connectivity index (χ1n) is 5.93. The summed E-state index contributed by atoms with van der Waals surface area (Å²) < 4.78 is 12.3. The summed E-state index contributed by atoms with van der Waals surface area (Å²) in [5, 5.41) is 0. The Kier molecular flexibility index (Phi) is 3.58. The zero-order valence-electron chi connectivity index (χ0n) is 10.7. The molecule has 0 atom stereocenters. The molecule has 0 N–H and O–H groups in total. The molecule has 6 heteroatoms. The molecular formula is C14H11N3OS2. The van der Waals surface area contributed by atoms with Gasteiger partial charge in [0, 0.05) is 23.6 Å². The lowest BCUT2D eigenvalue weighted by Crippen LogP contribution is -1.97. The third-order valence-electron chi connectivity index (χ3n) is 2.87. The molecule has 0 spiro atoms. The highest BCUT2D eigenvalue weighted by Crippen LogP contribution is 2.25. The molecule has 0 saturated carbocycles. The molecule has 0 radical (unpaired) electrons. The number of aromatic nitrogens is 3. The van der Waals surface area contributed by atoms with E-state index in [-0.39, 0.29) is 0 Å². The molecule has 0 fully saturated rings. The number of hydrogen-bond acceptors (Lipinski definition) is 5. The topological polar surface area (TPSA) is 39.9 Å². The molecule has 2 heterocycles. The molecule has 0 aliphatic carbocycles. The largest absolute Gasteiger partial charge is 0.497 e. The smallest absolute Gasteiger partial charge is 0.185 e.